The highest BCUT2D eigenvalue weighted by molar-refractivity contribution is 7.89. The number of rotatable bonds is 3. The van der Waals surface area contributed by atoms with Crippen molar-refractivity contribution in [2.45, 2.75) is 36.2 Å². The molecule has 0 saturated carbocycles. The van der Waals surface area contributed by atoms with Crippen LogP contribution in [0.1, 0.15) is 11.3 Å². The minimum Gasteiger partial charge on any atom is -0.390 e. The van der Waals surface area contributed by atoms with Crippen LogP contribution < -0.4 is 11.1 Å². The van der Waals surface area contributed by atoms with E-state index >= 15 is 0 Å². The molecular weight excluding hydrogens is 449 g/mol. The fourth-order valence-corrected chi connectivity index (χ4v) is 6.04. The number of fused-ring (bicyclic) bond motifs is 3. The Bertz CT molecular complexity index is 1340. The van der Waals surface area contributed by atoms with Crippen LogP contribution in [0.15, 0.2) is 35.5 Å². The summed E-state index contributed by atoms with van der Waals surface area (Å²) in [4.78, 5) is 7.43. The van der Waals surface area contributed by atoms with Crippen molar-refractivity contribution < 1.29 is 26.7 Å². The number of aromatic nitrogens is 3. The lowest BCUT2D eigenvalue weighted by Crippen LogP contribution is -2.46. The van der Waals surface area contributed by atoms with E-state index in [1.54, 1.807) is 13.0 Å². The first-order valence-corrected chi connectivity index (χ1v) is 11.2. The Morgan fingerprint density at radius 1 is 1.31 bits per heavy atom. The average Bonchev–Trinajstić information content (AvgIpc) is 3.40. The highest BCUT2D eigenvalue weighted by atomic mass is 32.2. The van der Waals surface area contributed by atoms with Crippen molar-refractivity contribution in [1.82, 2.24) is 24.0 Å². The first kappa shape index (κ1) is 21.1. The third-order valence-electron chi connectivity index (χ3n) is 6.04. The predicted octanol–water partition coefficient (Wildman–Crippen LogP) is 1.01. The third kappa shape index (κ3) is 3.07. The molecule has 2 fully saturated rings. The Morgan fingerprint density at radius 2 is 2.06 bits per heavy atom. The molecule has 3 unspecified atom stereocenters. The zero-order valence-corrected chi connectivity index (χ0v) is 17.5. The van der Waals surface area contributed by atoms with Gasteiger partial charge in [0.15, 0.2) is 17.2 Å². The number of hydrogen-bond donors (Lipinski definition) is 3. The van der Waals surface area contributed by atoms with E-state index in [-0.39, 0.29) is 34.6 Å². The molecule has 13 heteroatoms. The van der Waals surface area contributed by atoms with Gasteiger partial charge in [0.05, 0.1) is 28.9 Å². The van der Waals surface area contributed by atoms with Gasteiger partial charge in [-0.2, -0.15) is 17.5 Å². The van der Waals surface area contributed by atoms with Gasteiger partial charge in [0.1, 0.15) is 0 Å². The van der Waals surface area contributed by atoms with Gasteiger partial charge in [-0.1, -0.05) is 6.07 Å². The van der Waals surface area contributed by atoms with Crippen LogP contribution in [0.5, 0.6) is 0 Å². The van der Waals surface area contributed by atoms with Crippen molar-refractivity contribution in [3.8, 4) is 11.3 Å². The summed E-state index contributed by atoms with van der Waals surface area (Å²) in [5, 5.41) is 13.3. The Kier molecular flexibility index (Phi) is 4.54. The van der Waals surface area contributed by atoms with Crippen molar-refractivity contribution in [3.63, 3.8) is 0 Å². The molecule has 2 bridgehead atoms. The van der Waals surface area contributed by atoms with Crippen LogP contribution in [-0.4, -0.2) is 63.5 Å². The van der Waals surface area contributed by atoms with Crippen LogP contribution in [0.2, 0.25) is 0 Å². The number of halogens is 3. The zero-order chi connectivity index (χ0) is 23.0. The van der Waals surface area contributed by atoms with Gasteiger partial charge in [-0.05, 0) is 24.6 Å². The zero-order valence-electron chi connectivity index (χ0n) is 16.7. The monoisotopic (exact) mass is 468 g/mol. The number of nitrogens with zero attached hydrogens (tertiary/aromatic N) is 4. The third-order valence-corrected chi connectivity index (χ3v) is 7.93. The number of aliphatic hydroxyl groups excluding tert-OH is 1. The predicted molar refractivity (Wildman–Crippen MR) is 108 cm³/mol. The summed E-state index contributed by atoms with van der Waals surface area (Å²) >= 11 is 0. The Balaban J connectivity index is 1.63. The molecule has 0 spiro atoms. The Hall–Kier alpha value is -2.74. The number of nitrogens with one attached hydrogen (secondary N) is 1. The van der Waals surface area contributed by atoms with E-state index in [2.05, 4.69) is 15.3 Å². The van der Waals surface area contributed by atoms with Gasteiger partial charge in [-0.3, -0.25) is 4.40 Å². The van der Waals surface area contributed by atoms with Crippen molar-refractivity contribution in [3.05, 3.63) is 41.9 Å². The van der Waals surface area contributed by atoms with Crippen LogP contribution in [0.25, 0.3) is 16.9 Å². The number of imidazole rings is 1. The number of piperazine rings is 1. The average molecular weight is 468 g/mol. The maximum atomic E-state index is 13.3. The highest BCUT2D eigenvalue weighted by Gasteiger charge is 2.51. The lowest BCUT2D eigenvalue weighted by atomic mass is 10.1. The Labute approximate surface area is 180 Å². The number of sulfonamides is 1. The van der Waals surface area contributed by atoms with Gasteiger partial charge < -0.3 is 16.2 Å². The standard InChI is InChI=1S/C19H19F3N6O3S/c1-9-2-3-10(32(30,31)28-7-12-16(29)14(28)6-24-12)4-11(9)13-5-25-18-17(23)26-15(8-27(13)18)19(20,21)22/h2-5,8,12,14,16,24,29H,6-7H2,1H3,(H2,23,26). The smallest absolute Gasteiger partial charge is 0.390 e. The molecule has 4 heterocycles. The van der Waals surface area contributed by atoms with Gasteiger partial charge in [-0.25, -0.2) is 18.4 Å². The molecule has 4 N–H and O–H groups in total. The second-order valence-corrected chi connectivity index (χ2v) is 9.86. The number of aryl methyl sites for hydroxylation is 1. The molecule has 9 nitrogen and oxygen atoms in total. The Morgan fingerprint density at radius 3 is 2.69 bits per heavy atom. The first-order chi connectivity index (χ1) is 15.0. The normalized spacial score (nSPS) is 24.0. The van der Waals surface area contributed by atoms with Crippen molar-refractivity contribution in [2.24, 2.45) is 0 Å². The summed E-state index contributed by atoms with van der Waals surface area (Å²) in [6.45, 7) is 2.21. The van der Waals surface area contributed by atoms with E-state index in [9.17, 15) is 26.7 Å². The van der Waals surface area contributed by atoms with E-state index in [0.29, 0.717) is 17.7 Å². The molecule has 0 radical (unpaired) electrons. The maximum Gasteiger partial charge on any atom is 0.434 e. The van der Waals surface area contributed by atoms with E-state index in [1.807, 2.05) is 0 Å². The summed E-state index contributed by atoms with van der Waals surface area (Å²) in [6.07, 6.45) is -3.38. The first-order valence-electron chi connectivity index (χ1n) is 9.73. The summed E-state index contributed by atoms with van der Waals surface area (Å²) in [5.74, 6) is -0.387. The second-order valence-electron chi connectivity index (χ2n) is 7.97. The summed E-state index contributed by atoms with van der Waals surface area (Å²) in [6, 6.07) is 3.55. The topological polar surface area (TPSA) is 126 Å². The number of nitrogens with two attached hydrogens (primary N) is 1. The van der Waals surface area contributed by atoms with Gasteiger partial charge in [-0.15, -0.1) is 0 Å². The molecule has 3 atom stereocenters. The van der Waals surface area contributed by atoms with Crippen LogP contribution in [-0.2, 0) is 16.2 Å². The van der Waals surface area contributed by atoms with E-state index in [1.165, 1.54) is 22.6 Å². The molecule has 2 aliphatic heterocycles. The summed E-state index contributed by atoms with van der Waals surface area (Å²) in [5.41, 5.74) is 5.81. The van der Waals surface area contributed by atoms with Crippen molar-refractivity contribution in [2.75, 3.05) is 18.8 Å². The number of aliphatic hydroxyl groups is 1. The van der Waals surface area contributed by atoms with Crippen molar-refractivity contribution in [1.29, 1.82) is 0 Å². The molecule has 2 saturated heterocycles. The van der Waals surface area contributed by atoms with Crippen LogP contribution in [0, 0.1) is 6.92 Å². The number of alkyl halides is 3. The van der Waals surface area contributed by atoms with Gasteiger partial charge >= 0.3 is 6.18 Å². The minimum absolute atomic E-state index is 0.0223. The SMILES string of the molecule is Cc1ccc(S(=O)(=O)N2CC3NCC2C3O)cc1-c1cnc2c(N)nc(C(F)(F)F)cn12. The molecule has 5 rings (SSSR count). The molecule has 0 amide bonds. The molecule has 3 aromatic rings. The summed E-state index contributed by atoms with van der Waals surface area (Å²) in [7, 11) is -3.94. The minimum atomic E-state index is -4.71. The van der Waals surface area contributed by atoms with Crippen LogP contribution in [0.4, 0.5) is 19.0 Å². The maximum absolute atomic E-state index is 13.3. The fourth-order valence-electron chi connectivity index (χ4n) is 4.35. The van der Waals surface area contributed by atoms with E-state index in [0.717, 1.165) is 10.6 Å². The van der Waals surface area contributed by atoms with Crippen molar-refractivity contribution >= 4 is 21.5 Å². The fraction of sp³-hybridized carbons (Fsp3) is 0.368. The lowest BCUT2D eigenvalue weighted by molar-refractivity contribution is -0.141. The lowest BCUT2D eigenvalue weighted by Gasteiger charge is -2.26. The highest BCUT2D eigenvalue weighted by Crippen LogP contribution is 2.35. The van der Waals surface area contributed by atoms with E-state index < -0.39 is 34.0 Å². The molecule has 2 aromatic heterocycles. The molecule has 2 aliphatic rings. The second kappa shape index (κ2) is 6.88. The molecule has 1 aromatic carbocycles. The molecule has 170 valence electrons. The number of anilines is 1. The number of benzene rings is 1. The van der Waals surface area contributed by atoms with Crippen LogP contribution >= 0.6 is 0 Å². The molecule has 0 aliphatic carbocycles. The molecule has 32 heavy (non-hydrogen) atoms. The quantitative estimate of drug-likeness (QED) is 0.524. The largest absolute Gasteiger partial charge is 0.434 e. The van der Waals surface area contributed by atoms with Gasteiger partial charge in [0.2, 0.25) is 10.0 Å². The van der Waals surface area contributed by atoms with E-state index in [4.69, 9.17) is 5.73 Å². The van der Waals surface area contributed by atoms with Gasteiger partial charge in [0.25, 0.3) is 0 Å². The molecular formula is C19H19F3N6O3S. The van der Waals surface area contributed by atoms with Crippen LogP contribution in [0.3, 0.4) is 0 Å². The number of nitrogen functional groups attached to an aromatic ring is 1. The summed E-state index contributed by atoms with van der Waals surface area (Å²) < 4.78 is 68.8. The number of hydrogen-bond acceptors (Lipinski definition) is 7. The van der Waals surface area contributed by atoms with Gasteiger partial charge in [0, 0.05) is 30.9 Å².